The molecule has 0 bridgehead atoms. The fraction of sp³-hybridized carbons (Fsp3) is 0.0769. The topological polar surface area (TPSA) is 67.4 Å². The van der Waals surface area contributed by atoms with Crippen LogP contribution in [-0.4, -0.2) is 17.5 Å². The van der Waals surface area contributed by atoms with E-state index in [1.54, 1.807) is 17.5 Å². The summed E-state index contributed by atoms with van der Waals surface area (Å²) in [5.41, 5.74) is -3.51. The summed E-state index contributed by atoms with van der Waals surface area (Å²) in [5.74, 6) is -0.699. The Bertz CT molecular complexity index is 657. The van der Waals surface area contributed by atoms with Crippen molar-refractivity contribution in [3.05, 3.63) is 46.7 Å². The van der Waals surface area contributed by atoms with Crippen molar-refractivity contribution in [2.24, 2.45) is 0 Å². The van der Waals surface area contributed by atoms with Gasteiger partial charge in [0.25, 0.3) is 5.91 Å². The number of hydrogen-bond donors (Lipinski definition) is 2. The number of imide groups is 1. The molecule has 2 rings (SSSR count). The van der Waals surface area contributed by atoms with Crippen molar-refractivity contribution in [3.63, 3.8) is 0 Å². The third kappa shape index (κ3) is 4.97. The summed E-state index contributed by atoms with van der Waals surface area (Å²) in [7, 11) is 0. The molecule has 0 aliphatic rings. The van der Waals surface area contributed by atoms with Crippen molar-refractivity contribution in [2.45, 2.75) is 5.57 Å². The Kier molecular flexibility index (Phi) is 4.94. The van der Waals surface area contributed by atoms with Crippen LogP contribution >= 0.6 is 22.9 Å². The van der Waals surface area contributed by atoms with Gasteiger partial charge < -0.3 is 10.1 Å². The lowest BCUT2D eigenvalue weighted by Crippen LogP contribution is -2.33. The molecule has 0 unspecified atom stereocenters. The summed E-state index contributed by atoms with van der Waals surface area (Å²) in [5, 5.41) is 6.22. The molecule has 2 N–H and O–H groups in total. The number of ether oxygens (including phenoxy) is 1. The number of carbonyl (C=O) groups excluding carboxylic acids is 2. The summed E-state index contributed by atoms with van der Waals surface area (Å²) in [6, 6.07) is 7.57. The number of amides is 3. The second-order valence-corrected chi connectivity index (χ2v) is 5.35. The zero-order chi connectivity index (χ0) is 16.2. The predicted octanol–water partition coefficient (Wildman–Crippen LogP) is 3.88. The van der Waals surface area contributed by atoms with Crippen molar-refractivity contribution >= 4 is 40.6 Å². The van der Waals surface area contributed by atoms with Gasteiger partial charge in [0.2, 0.25) is 0 Å². The molecule has 9 heteroatoms. The maximum atomic E-state index is 12.4. The Hall–Kier alpha value is -2.19. The van der Waals surface area contributed by atoms with E-state index in [2.05, 4.69) is 27.0 Å². The van der Waals surface area contributed by atoms with Gasteiger partial charge in [-0.15, -0.1) is 20.1 Å². The number of hydrogen-bond acceptors (Lipinski definition) is 4. The van der Waals surface area contributed by atoms with Crippen molar-refractivity contribution in [1.29, 1.82) is 0 Å². The van der Waals surface area contributed by atoms with E-state index in [4.69, 9.17) is 0 Å². The average Bonchev–Trinajstić information content (AvgIpc) is 2.93. The summed E-state index contributed by atoms with van der Waals surface area (Å²) in [4.78, 5) is 23.7. The molecule has 0 aliphatic heterocycles. The zero-order valence-corrected chi connectivity index (χ0v) is 12.4. The van der Waals surface area contributed by atoms with Crippen molar-refractivity contribution in [1.82, 2.24) is 5.32 Å². The first kappa shape index (κ1) is 16.2. The van der Waals surface area contributed by atoms with Gasteiger partial charge in [0.1, 0.15) is 5.75 Å². The molecule has 0 spiro atoms. The number of carbonyl (C=O) groups is 2. The number of anilines is 1. The zero-order valence-electron chi connectivity index (χ0n) is 10.8. The van der Waals surface area contributed by atoms with Crippen LogP contribution in [0.4, 0.5) is 19.3 Å². The second kappa shape index (κ2) is 6.71. The number of benzene rings is 1. The summed E-state index contributed by atoms with van der Waals surface area (Å²) >= 11 is 5.82. The molecule has 5 nitrogen and oxygen atoms in total. The fourth-order valence-electron chi connectivity index (χ4n) is 1.47. The smallest absolute Gasteiger partial charge is 0.420 e. The first-order chi connectivity index (χ1) is 10.3. The lowest BCUT2D eigenvalue weighted by atomic mass is 10.3. The third-order valence-corrected chi connectivity index (χ3v) is 3.26. The van der Waals surface area contributed by atoms with Crippen LogP contribution < -0.4 is 15.4 Å². The van der Waals surface area contributed by atoms with Crippen LogP contribution in [-0.2, 0) is 0 Å². The normalized spacial score (nSPS) is 10.9. The molecular weight excluding hydrogens is 338 g/mol. The Morgan fingerprint density at radius 1 is 1.18 bits per heavy atom. The maximum absolute atomic E-state index is 12.4. The number of halogens is 3. The first-order valence-corrected chi connectivity index (χ1v) is 7.11. The highest BCUT2D eigenvalue weighted by Gasteiger charge is 2.27. The summed E-state index contributed by atoms with van der Waals surface area (Å²) < 4.78 is 29.0. The minimum Gasteiger partial charge on any atom is -0.420 e. The number of urea groups is 1. The molecule has 0 aliphatic carbocycles. The highest BCUT2D eigenvalue weighted by atomic mass is 35.5. The van der Waals surface area contributed by atoms with Crippen LogP contribution in [0.2, 0.25) is 0 Å². The standard InChI is InChI=1S/C13H9ClF2N2O3S/c14-13(15,16)21-9-5-3-8(4-6-9)17-12(20)18-11(19)10-2-1-7-22-10/h1-7H,(H2,17,18,19,20). The molecule has 0 saturated carbocycles. The second-order valence-electron chi connectivity index (χ2n) is 3.96. The molecule has 0 atom stereocenters. The monoisotopic (exact) mass is 346 g/mol. The number of rotatable bonds is 4. The van der Waals surface area contributed by atoms with Crippen LogP contribution in [0.25, 0.3) is 0 Å². The van der Waals surface area contributed by atoms with Crippen LogP contribution in [0.15, 0.2) is 41.8 Å². The number of alkyl halides is 3. The van der Waals surface area contributed by atoms with Gasteiger partial charge in [-0.05, 0) is 35.7 Å². The van der Waals surface area contributed by atoms with E-state index in [-0.39, 0.29) is 5.75 Å². The van der Waals surface area contributed by atoms with Gasteiger partial charge >= 0.3 is 11.6 Å². The largest absolute Gasteiger partial charge is 0.487 e. The SMILES string of the molecule is O=C(NC(=O)c1cccs1)Nc1ccc(OC(F)(F)Cl)cc1. The Morgan fingerprint density at radius 3 is 2.41 bits per heavy atom. The minimum atomic E-state index is -3.81. The van der Waals surface area contributed by atoms with Gasteiger partial charge in [0.15, 0.2) is 0 Å². The van der Waals surface area contributed by atoms with Gasteiger partial charge in [-0.1, -0.05) is 6.07 Å². The van der Waals surface area contributed by atoms with Crippen LogP contribution in [0, 0.1) is 0 Å². The highest BCUT2D eigenvalue weighted by Crippen LogP contribution is 2.25. The van der Waals surface area contributed by atoms with E-state index in [0.717, 1.165) is 0 Å². The molecule has 0 radical (unpaired) electrons. The van der Waals surface area contributed by atoms with Gasteiger partial charge in [-0.3, -0.25) is 10.1 Å². The lowest BCUT2D eigenvalue weighted by molar-refractivity contribution is -0.0964. The molecule has 1 aromatic carbocycles. The molecule has 3 amide bonds. The van der Waals surface area contributed by atoms with Crippen LogP contribution in [0.3, 0.4) is 0 Å². The van der Waals surface area contributed by atoms with Crippen molar-refractivity contribution in [2.75, 3.05) is 5.32 Å². The quantitative estimate of drug-likeness (QED) is 0.826. The number of nitrogens with one attached hydrogen (secondary N) is 2. The van der Waals surface area contributed by atoms with Gasteiger partial charge in [0.05, 0.1) is 4.88 Å². The van der Waals surface area contributed by atoms with E-state index >= 15 is 0 Å². The van der Waals surface area contributed by atoms with Crippen molar-refractivity contribution in [3.8, 4) is 5.75 Å². The third-order valence-electron chi connectivity index (χ3n) is 2.32. The van der Waals surface area contributed by atoms with Crippen molar-refractivity contribution < 1.29 is 23.1 Å². The molecular formula is C13H9ClF2N2O3S. The lowest BCUT2D eigenvalue weighted by Gasteiger charge is -2.11. The van der Waals surface area contributed by atoms with Gasteiger partial charge in [-0.2, -0.15) is 0 Å². The Balaban J connectivity index is 1.90. The summed E-state index contributed by atoms with van der Waals surface area (Å²) in [6.07, 6.45) is 0. The predicted molar refractivity (Wildman–Crippen MR) is 78.7 cm³/mol. The molecule has 0 saturated heterocycles. The molecule has 22 heavy (non-hydrogen) atoms. The summed E-state index contributed by atoms with van der Waals surface area (Å²) in [6.45, 7) is 0. The van der Waals surface area contributed by atoms with E-state index in [1.165, 1.54) is 35.6 Å². The average molecular weight is 347 g/mol. The molecule has 116 valence electrons. The Morgan fingerprint density at radius 2 is 1.86 bits per heavy atom. The minimum absolute atomic E-state index is 0.166. The number of thiophene rings is 1. The maximum Gasteiger partial charge on any atom is 0.487 e. The van der Waals surface area contributed by atoms with Gasteiger partial charge in [-0.25, -0.2) is 4.79 Å². The molecule has 0 fully saturated rings. The van der Waals surface area contributed by atoms with Crippen LogP contribution in [0.5, 0.6) is 5.75 Å². The van der Waals surface area contributed by atoms with E-state index < -0.39 is 17.5 Å². The molecule has 1 heterocycles. The fourth-order valence-corrected chi connectivity index (χ4v) is 2.18. The van der Waals surface area contributed by atoms with Gasteiger partial charge in [0, 0.05) is 17.3 Å². The van der Waals surface area contributed by atoms with E-state index in [0.29, 0.717) is 10.6 Å². The first-order valence-electron chi connectivity index (χ1n) is 5.85. The molecule has 1 aromatic heterocycles. The molecule has 2 aromatic rings. The van der Waals surface area contributed by atoms with E-state index in [9.17, 15) is 18.4 Å². The highest BCUT2D eigenvalue weighted by molar-refractivity contribution is 7.12. The van der Waals surface area contributed by atoms with E-state index in [1.807, 2.05) is 0 Å². The Labute approximate surface area is 132 Å². The van der Waals surface area contributed by atoms with Crippen LogP contribution in [0.1, 0.15) is 9.67 Å².